The average molecular weight is 862 g/mol. The van der Waals surface area contributed by atoms with E-state index in [2.05, 4.69) is 92.9 Å². The number of carbonyl (C=O) groups excluding carboxylic acids is 2. The number of hydrogen-bond acceptors (Lipinski definition) is 5. The summed E-state index contributed by atoms with van der Waals surface area (Å²) in [6.07, 6.45) is 64.6. The molecule has 0 saturated carbocycles. The van der Waals surface area contributed by atoms with E-state index < -0.39 is 18.2 Å². The largest absolute Gasteiger partial charge is 0.462 e. The summed E-state index contributed by atoms with van der Waals surface area (Å²) in [5.74, 6) is -0.557. The topological polar surface area (TPSA) is 95.9 Å². The molecule has 3 atom stereocenters. The molecule has 0 aromatic rings. The zero-order valence-electron chi connectivity index (χ0n) is 40.2. The van der Waals surface area contributed by atoms with Gasteiger partial charge in [-0.15, -0.1) is 0 Å². The highest BCUT2D eigenvalue weighted by Crippen LogP contribution is 2.17. The van der Waals surface area contributed by atoms with Gasteiger partial charge in [0.2, 0.25) is 5.91 Å². The van der Waals surface area contributed by atoms with Crippen molar-refractivity contribution in [2.45, 2.75) is 238 Å². The Bertz CT molecular complexity index is 1240. The van der Waals surface area contributed by atoms with Crippen molar-refractivity contribution < 1.29 is 24.5 Å². The first-order valence-electron chi connectivity index (χ1n) is 25.5. The molecule has 0 aromatic carbocycles. The number of allylic oxidation sites excluding steroid dienone is 16. The number of amides is 1. The van der Waals surface area contributed by atoms with Crippen LogP contribution < -0.4 is 5.32 Å². The summed E-state index contributed by atoms with van der Waals surface area (Å²) in [5, 5.41) is 23.8. The minimum absolute atomic E-state index is 0.0330. The third kappa shape index (κ3) is 43.4. The Morgan fingerprint density at radius 1 is 0.500 bits per heavy atom. The molecule has 0 rings (SSSR count). The molecule has 0 spiro atoms. The predicted molar refractivity (Wildman–Crippen MR) is 268 cm³/mol. The van der Waals surface area contributed by atoms with Crippen LogP contribution in [0.5, 0.6) is 0 Å². The van der Waals surface area contributed by atoms with Gasteiger partial charge in [-0.3, -0.25) is 9.59 Å². The maximum atomic E-state index is 13.2. The van der Waals surface area contributed by atoms with E-state index in [4.69, 9.17) is 4.74 Å². The van der Waals surface area contributed by atoms with Crippen molar-refractivity contribution in [3.63, 3.8) is 0 Å². The lowest BCUT2D eigenvalue weighted by Gasteiger charge is -2.24. The minimum atomic E-state index is -0.809. The Hall–Kier alpha value is -3.22. The molecule has 1 amide bonds. The smallest absolute Gasteiger partial charge is 0.306 e. The second-order valence-electron chi connectivity index (χ2n) is 16.9. The zero-order valence-corrected chi connectivity index (χ0v) is 40.2. The molecule has 0 aromatic heterocycles. The van der Waals surface area contributed by atoms with Crippen LogP contribution in [0.4, 0.5) is 0 Å². The Kier molecular flexibility index (Phi) is 46.3. The summed E-state index contributed by atoms with van der Waals surface area (Å²) in [6, 6.07) is -0.727. The number of ether oxygens (including phenoxy) is 1. The molecule has 0 heterocycles. The highest BCUT2D eigenvalue weighted by Gasteiger charge is 2.24. The number of esters is 1. The van der Waals surface area contributed by atoms with Gasteiger partial charge >= 0.3 is 5.97 Å². The molecule has 0 aliphatic rings. The van der Waals surface area contributed by atoms with E-state index in [1.165, 1.54) is 70.6 Å². The zero-order chi connectivity index (χ0) is 45.2. The number of unbranched alkanes of at least 4 members (excludes halogenated alkanes) is 19. The third-order valence-corrected chi connectivity index (χ3v) is 11.0. The number of nitrogens with one attached hydrogen (secondary N) is 1. The van der Waals surface area contributed by atoms with Crippen molar-refractivity contribution >= 4 is 11.9 Å². The van der Waals surface area contributed by atoms with Crippen LogP contribution in [0, 0.1) is 0 Å². The molecule has 3 N–H and O–H groups in total. The van der Waals surface area contributed by atoms with Crippen molar-refractivity contribution in [1.29, 1.82) is 0 Å². The first kappa shape index (κ1) is 58.8. The monoisotopic (exact) mass is 862 g/mol. The second kappa shape index (κ2) is 48.8. The van der Waals surface area contributed by atoms with Crippen molar-refractivity contribution in [1.82, 2.24) is 5.32 Å². The number of carbonyl (C=O) groups is 2. The van der Waals surface area contributed by atoms with Crippen molar-refractivity contribution in [3.05, 3.63) is 97.2 Å². The lowest BCUT2D eigenvalue weighted by atomic mass is 10.0. The number of aliphatic hydroxyl groups is 2. The van der Waals surface area contributed by atoms with Crippen LogP contribution in [0.15, 0.2) is 97.2 Å². The highest BCUT2D eigenvalue weighted by atomic mass is 16.5. The lowest BCUT2D eigenvalue weighted by molar-refractivity contribution is -0.151. The van der Waals surface area contributed by atoms with Gasteiger partial charge < -0.3 is 20.3 Å². The van der Waals surface area contributed by atoms with Crippen LogP contribution in [0.2, 0.25) is 0 Å². The summed E-state index contributed by atoms with van der Waals surface area (Å²) in [6.45, 7) is 6.20. The quantitative estimate of drug-likeness (QED) is 0.0245. The fraction of sp³-hybridized carbons (Fsp3) is 0.679. The maximum absolute atomic E-state index is 13.2. The van der Waals surface area contributed by atoms with Crippen molar-refractivity contribution in [2.24, 2.45) is 0 Å². The lowest BCUT2D eigenvalue weighted by Crippen LogP contribution is -2.46. The van der Waals surface area contributed by atoms with Gasteiger partial charge in [0.15, 0.2) is 0 Å². The predicted octanol–water partition coefficient (Wildman–Crippen LogP) is 15.3. The van der Waals surface area contributed by atoms with E-state index in [1.807, 2.05) is 30.4 Å². The van der Waals surface area contributed by atoms with E-state index in [-0.39, 0.29) is 24.9 Å². The molecular formula is C56H95NO5. The van der Waals surface area contributed by atoms with E-state index in [9.17, 15) is 19.8 Å². The first-order valence-corrected chi connectivity index (χ1v) is 25.5. The molecular weight excluding hydrogens is 767 g/mol. The van der Waals surface area contributed by atoms with Crippen LogP contribution >= 0.6 is 0 Å². The Balaban J connectivity index is 4.69. The molecule has 0 saturated heterocycles. The highest BCUT2D eigenvalue weighted by molar-refractivity contribution is 5.77. The summed E-state index contributed by atoms with van der Waals surface area (Å²) in [5.41, 5.74) is 0. The molecule has 0 radical (unpaired) electrons. The summed E-state index contributed by atoms with van der Waals surface area (Å²) < 4.78 is 5.90. The Labute approximate surface area is 382 Å². The van der Waals surface area contributed by atoms with Gasteiger partial charge in [0.25, 0.3) is 0 Å². The van der Waals surface area contributed by atoms with Crippen LogP contribution in [0.1, 0.15) is 220 Å². The van der Waals surface area contributed by atoms with Crippen LogP contribution in [0.3, 0.4) is 0 Å². The normalized spacial score (nSPS) is 14.1. The standard InChI is InChI=1S/C56H95NO5/c1-4-7-10-13-16-19-22-25-27-28-31-34-37-40-43-46-49-56(61)62-52(47-44-41-38-35-32-29-24-21-18-15-12-9-6-3)50-55(60)57-53(51-58)54(59)48-45-42-39-36-33-30-26-23-20-17-14-11-8-5-2/h7,9-10,12,15-16,18-19,21,24-25,27,29,31-32,34,52-54,58-59H,4-6,8,11,13-14,17,20,22-23,26,28,30,33,35-51H2,1-3H3,(H,57,60)/b10-7+,12-9+,18-15+,19-16+,24-21+,27-25+,32-29-,34-31+. The number of hydrogen-bond donors (Lipinski definition) is 3. The second-order valence-corrected chi connectivity index (χ2v) is 16.9. The Morgan fingerprint density at radius 2 is 0.952 bits per heavy atom. The molecule has 0 fully saturated rings. The van der Waals surface area contributed by atoms with E-state index in [0.29, 0.717) is 19.3 Å². The molecule has 6 nitrogen and oxygen atoms in total. The maximum Gasteiger partial charge on any atom is 0.306 e. The van der Waals surface area contributed by atoms with Crippen LogP contribution in [-0.2, 0) is 14.3 Å². The number of rotatable bonds is 44. The first-order chi connectivity index (χ1) is 30.5. The van der Waals surface area contributed by atoms with E-state index >= 15 is 0 Å². The average Bonchev–Trinajstić information content (AvgIpc) is 3.26. The van der Waals surface area contributed by atoms with Gasteiger partial charge in [0.1, 0.15) is 6.10 Å². The van der Waals surface area contributed by atoms with Gasteiger partial charge in [-0.05, 0) is 83.5 Å². The SMILES string of the molecule is CC/C=C/C=C/C=C/C=C\CCCCCC(CC(=O)NC(CO)C(O)CCCCCCCCCCCCCCCC)OC(=O)CCCCC/C=C/C/C=C/C/C=C/C/C=C/CC. The van der Waals surface area contributed by atoms with Crippen LogP contribution in [-0.4, -0.2) is 46.9 Å². The van der Waals surface area contributed by atoms with Crippen molar-refractivity contribution in [2.75, 3.05) is 6.61 Å². The molecule has 6 heteroatoms. The molecule has 0 aliphatic heterocycles. The van der Waals surface area contributed by atoms with Gasteiger partial charge in [-0.1, -0.05) is 221 Å². The number of aliphatic hydroxyl groups excluding tert-OH is 2. The third-order valence-electron chi connectivity index (χ3n) is 11.0. The Morgan fingerprint density at radius 3 is 1.52 bits per heavy atom. The molecule has 0 aliphatic carbocycles. The van der Waals surface area contributed by atoms with Gasteiger partial charge in [-0.2, -0.15) is 0 Å². The van der Waals surface area contributed by atoms with Gasteiger partial charge in [0.05, 0.1) is 25.2 Å². The van der Waals surface area contributed by atoms with E-state index in [1.54, 1.807) is 0 Å². The van der Waals surface area contributed by atoms with Crippen LogP contribution in [0.25, 0.3) is 0 Å². The molecule has 0 bridgehead atoms. The van der Waals surface area contributed by atoms with Gasteiger partial charge in [0, 0.05) is 6.42 Å². The fourth-order valence-corrected chi connectivity index (χ4v) is 7.20. The van der Waals surface area contributed by atoms with E-state index in [0.717, 1.165) is 103 Å². The molecule has 3 unspecified atom stereocenters. The summed E-state index contributed by atoms with van der Waals surface area (Å²) in [4.78, 5) is 26.1. The molecule has 62 heavy (non-hydrogen) atoms. The molecule has 354 valence electrons. The van der Waals surface area contributed by atoms with Crippen molar-refractivity contribution in [3.8, 4) is 0 Å². The summed E-state index contributed by atoms with van der Waals surface area (Å²) >= 11 is 0. The minimum Gasteiger partial charge on any atom is -0.462 e. The fourth-order valence-electron chi connectivity index (χ4n) is 7.20. The summed E-state index contributed by atoms with van der Waals surface area (Å²) in [7, 11) is 0. The van der Waals surface area contributed by atoms with Gasteiger partial charge in [-0.25, -0.2) is 0 Å².